The van der Waals surface area contributed by atoms with Gasteiger partial charge in [0.25, 0.3) is 0 Å². The quantitative estimate of drug-likeness (QED) is 0.895. The zero-order chi connectivity index (χ0) is 17.3. The number of likely N-dealkylation sites (tertiary alicyclic amines) is 1. The molecule has 1 fully saturated rings. The summed E-state index contributed by atoms with van der Waals surface area (Å²) in [7, 11) is 1.92. The number of piperidine rings is 1. The minimum atomic E-state index is -0.260. The molecule has 1 aliphatic heterocycles. The van der Waals surface area contributed by atoms with Crippen LogP contribution in [0.5, 0.6) is 0 Å². The van der Waals surface area contributed by atoms with Crippen LogP contribution in [0.4, 0.5) is 0 Å². The lowest BCUT2D eigenvalue weighted by Crippen LogP contribution is -2.44. The molecule has 7 nitrogen and oxygen atoms in total. The number of carbonyl (C=O) groups excluding carboxylic acids is 1. The normalized spacial score (nSPS) is 16.3. The second kappa shape index (κ2) is 6.86. The van der Waals surface area contributed by atoms with Crippen molar-refractivity contribution in [1.29, 1.82) is 0 Å². The van der Waals surface area contributed by atoms with Crippen LogP contribution in [0.25, 0.3) is 5.78 Å². The SMILES string of the molecule is Cc1cc(C)n2cc(CN(C)CC(=O)N3CCC(O)CC3)nc2n1. The fraction of sp³-hybridized carbons (Fsp3) is 0.588. The Morgan fingerprint density at radius 2 is 2.04 bits per heavy atom. The van der Waals surface area contributed by atoms with E-state index in [1.807, 2.05) is 47.4 Å². The van der Waals surface area contributed by atoms with Gasteiger partial charge in [-0.2, -0.15) is 0 Å². The molecule has 0 spiro atoms. The van der Waals surface area contributed by atoms with E-state index in [1.165, 1.54) is 0 Å². The Morgan fingerprint density at radius 3 is 2.75 bits per heavy atom. The van der Waals surface area contributed by atoms with Crippen molar-refractivity contribution in [2.45, 2.75) is 39.3 Å². The second-order valence-electron chi connectivity index (χ2n) is 6.73. The smallest absolute Gasteiger partial charge is 0.236 e. The zero-order valence-electron chi connectivity index (χ0n) is 14.6. The first kappa shape index (κ1) is 16.9. The molecule has 24 heavy (non-hydrogen) atoms. The van der Waals surface area contributed by atoms with Crippen LogP contribution in [0, 0.1) is 13.8 Å². The van der Waals surface area contributed by atoms with E-state index in [-0.39, 0.29) is 12.0 Å². The minimum Gasteiger partial charge on any atom is -0.393 e. The molecule has 1 amide bonds. The number of imidazole rings is 1. The molecule has 3 heterocycles. The molecule has 0 aromatic carbocycles. The van der Waals surface area contributed by atoms with Crippen LogP contribution >= 0.6 is 0 Å². The first-order valence-corrected chi connectivity index (χ1v) is 8.39. The highest BCUT2D eigenvalue weighted by Gasteiger charge is 2.22. The molecule has 0 aliphatic carbocycles. The maximum absolute atomic E-state index is 12.3. The highest BCUT2D eigenvalue weighted by molar-refractivity contribution is 5.78. The number of aliphatic hydroxyl groups is 1. The Morgan fingerprint density at radius 1 is 1.33 bits per heavy atom. The van der Waals surface area contributed by atoms with Gasteiger partial charge < -0.3 is 10.0 Å². The fourth-order valence-corrected chi connectivity index (χ4v) is 3.17. The Balaban J connectivity index is 1.61. The maximum Gasteiger partial charge on any atom is 0.236 e. The number of aliphatic hydroxyl groups excluding tert-OH is 1. The highest BCUT2D eigenvalue weighted by Crippen LogP contribution is 2.12. The monoisotopic (exact) mass is 331 g/mol. The van der Waals surface area contributed by atoms with Crippen molar-refractivity contribution in [3.8, 4) is 0 Å². The van der Waals surface area contributed by atoms with Gasteiger partial charge in [-0.3, -0.25) is 14.1 Å². The molecule has 7 heteroatoms. The van der Waals surface area contributed by atoms with Crippen molar-refractivity contribution in [1.82, 2.24) is 24.2 Å². The van der Waals surface area contributed by atoms with Gasteiger partial charge in [0.15, 0.2) is 0 Å². The first-order valence-electron chi connectivity index (χ1n) is 8.39. The number of fused-ring (bicyclic) bond motifs is 1. The van der Waals surface area contributed by atoms with Gasteiger partial charge in [-0.1, -0.05) is 0 Å². The number of hydrogen-bond acceptors (Lipinski definition) is 5. The molecule has 2 aromatic heterocycles. The molecule has 1 N–H and O–H groups in total. The first-order chi connectivity index (χ1) is 11.4. The van der Waals surface area contributed by atoms with Crippen LogP contribution in [0.3, 0.4) is 0 Å². The molecule has 0 radical (unpaired) electrons. The standard InChI is InChI=1S/C17H25N5O2/c1-12-8-13(2)22-10-14(19-17(22)18-12)9-20(3)11-16(24)21-6-4-15(23)5-7-21/h8,10,15,23H,4-7,9,11H2,1-3H3. The molecular formula is C17H25N5O2. The van der Waals surface area contributed by atoms with E-state index in [9.17, 15) is 9.90 Å². The van der Waals surface area contributed by atoms with E-state index < -0.39 is 0 Å². The third-order valence-electron chi connectivity index (χ3n) is 4.47. The predicted octanol–water partition coefficient (Wildman–Crippen LogP) is 0.761. The van der Waals surface area contributed by atoms with Crippen molar-refractivity contribution in [2.24, 2.45) is 0 Å². The number of hydrogen-bond donors (Lipinski definition) is 1. The molecule has 0 unspecified atom stereocenters. The van der Waals surface area contributed by atoms with Crippen molar-refractivity contribution in [2.75, 3.05) is 26.7 Å². The Labute approximate surface area is 141 Å². The third-order valence-corrected chi connectivity index (χ3v) is 4.47. The Kier molecular flexibility index (Phi) is 4.82. The summed E-state index contributed by atoms with van der Waals surface area (Å²) in [6.07, 6.45) is 3.07. The fourth-order valence-electron chi connectivity index (χ4n) is 3.17. The van der Waals surface area contributed by atoms with Gasteiger partial charge in [0, 0.05) is 37.2 Å². The number of amides is 1. The summed E-state index contributed by atoms with van der Waals surface area (Å²) in [5, 5.41) is 9.53. The van der Waals surface area contributed by atoms with Gasteiger partial charge in [-0.15, -0.1) is 0 Å². The van der Waals surface area contributed by atoms with Gasteiger partial charge in [-0.05, 0) is 39.8 Å². The lowest BCUT2D eigenvalue weighted by atomic mass is 10.1. The molecule has 1 aliphatic rings. The Hall–Kier alpha value is -1.99. The Bertz CT molecular complexity index is 734. The van der Waals surface area contributed by atoms with Crippen LogP contribution in [0.1, 0.15) is 29.9 Å². The van der Waals surface area contributed by atoms with Crippen molar-refractivity contribution >= 4 is 11.7 Å². The number of aromatic nitrogens is 3. The highest BCUT2D eigenvalue weighted by atomic mass is 16.3. The summed E-state index contributed by atoms with van der Waals surface area (Å²) in [6.45, 7) is 6.24. The van der Waals surface area contributed by atoms with Gasteiger partial charge in [0.1, 0.15) is 0 Å². The summed E-state index contributed by atoms with van der Waals surface area (Å²) in [5.74, 6) is 0.811. The number of likely N-dealkylation sites (N-methyl/N-ethyl adjacent to an activating group) is 1. The van der Waals surface area contributed by atoms with E-state index >= 15 is 0 Å². The average molecular weight is 331 g/mol. The van der Waals surface area contributed by atoms with E-state index in [4.69, 9.17) is 0 Å². The lowest BCUT2D eigenvalue weighted by Gasteiger charge is -2.30. The van der Waals surface area contributed by atoms with Crippen LogP contribution in [-0.4, -0.2) is 68.0 Å². The van der Waals surface area contributed by atoms with Crippen molar-refractivity contribution in [3.05, 3.63) is 29.3 Å². The maximum atomic E-state index is 12.3. The zero-order valence-corrected chi connectivity index (χ0v) is 14.6. The van der Waals surface area contributed by atoms with Gasteiger partial charge in [0.05, 0.1) is 18.3 Å². The molecule has 2 aromatic rings. The molecular weight excluding hydrogens is 306 g/mol. The summed E-state index contributed by atoms with van der Waals surface area (Å²) in [6, 6.07) is 2.02. The summed E-state index contributed by atoms with van der Waals surface area (Å²) < 4.78 is 1.98. The second-order valence-corrected chi connectivity index (χ2v) is 6.73. The number of carbonyl (C=O) groups is 1. The minimum absolute atomic E-state index is 0.110. The molecule has 3 rings (SSSR count). The van der Waals surface area contributed by atoms with Crippen LogP contribution in [0.15, 0.2) is 12.3 Å². The number of aryl methyl sites for hydroxylation is 2. The summed E-state index contributed by atoms with van der Waals surface area (Å²) in [5.41, 5.74) is 2.95. The van der Waals surface area contributed by atoms with Gasteiger partial charge in [0.2, 0.25) is 11.7 Å². The largest absolute Gasteiger partial charge is 0.393 e. The predicted molar refractivity (Wildman–Crippen MR) is 90.6 cm³/mol. The lowest BCUT2D eigenvalue weighted by molar-refractivity contribution is -0.134. The van der Waals surface area contributed by atoms with Crippen LogP contribution in [0.2, 0.25) is 0 Å². The van der Waals surface area contributed by atoms with Crippen LogP contribution < -0.4 is 0 Å². The van der Waals surface area contributed by atoms with E-state index in [0.29, 0.717) is 44.8 Å². The van der Waals surface area contributed by atoms with Gasteiger partial charge >= 0.3 is 0 Å². The van der Waals surface area contributed by atoms with E-state index in [0.717, 1.165) is 17.1 Å². The van der Waals surface area contributed by atoms with Crippen molar-refractivity contribution < 1.29 is 9.90 Å². The number of rotatable bonds is 4. The summed E-state index contributed by atoms with van der Waals surface area (Å²) in [4.78, 5) is 25.1. The molecule has 130 valence electrons. The van der Waals surface area contributed by atoms with Gasteiger partial charge in [-0.25, -0.2) is 9.97 Å². The summed E-state index contributed by atoms with van der Waals surface area (Å²) >= 11 is 0. The molecule has 1 saturated heterocycles. The van der Waals surface area contributed by atoms with Crippen molar-refractivity contribution in [3.63, 3.8) is 0 Å². The van der Waals surface area contributed by atoms with Crippen LogP contribution in [-0.2, 0) is 11.3 Å². The van der Waals surface area contributed by atoms with E-state index in [1.54, 1.807) is 0 Å². The average Bonchev–Trinajstić information content (AvgIpc) is 2.90. The van der Waals surface area contributed by atoms with E-state index in [2.05, 4.69) is 9.97 Å². The third kappa shape index (κ3) is 3.73. The number of nitrogens with zero attached hydrogens (tertiary/aromatic N) is 5. The topological polar surface area (TPSA) is 74.0 Å². The molecule has 0 atom stereocenters. The molecule has 0 bridgehead atoms. The molecule has 0 saturated carbocycles.